The van der Waals surface area contributed by atoms with Gasteiger partial charge in [0.15, 0.2) is 0 Å². The zero-order chi connectivity index (χ0) is 20.6. The molecule has 0 saturated heterocycles. The Morgan fingerprint density at radius 2 is 1.72 bits per heavy atom. The van der Waals surface area contributed by atoms with Crippen LogP contribution in [0.4, 0.5) is 8.78 Å². The van der Waals surface area contributed by atoms with Gasteiger partial charge in [0, 0.05) is 5.56 Å². The van der Waals surface area contributed by atoms with Crippen molar-refractivity contribution in [3.63, 3.8) is 0 Å². The lowest BCUT2D eigenvalue weighted by Gasteiger charge is -2.27. The molecule has 154 valence electrons. The van der Waals surface area contributed by atoms with Crippen molar-refractivity contribution >= 4 is 0 Å². The van der Waals surface area contributed by atoms with Crippen LogP contribution in [0, 0.1) is 17.6 Å². The molecule has 0 radical (unpaired) electrons. The monoisotopic (exact) mass is 396 g/mol. The summed E-state index contributed by atoms with van der Waals surface area (Å²) in [5.41, 5.74) is 2.53. The average molecular weight is 397 g/mol. The summed E-state index contributed by atoms with van der Waals surface area (Å²) in [4.78, 5) is 0. The Labute approximate surface area is 173 Å². The van der Waals surface area contributed by atoms with E-state index in [1.54, 1.807) is 6.07 Å². The first kappa shape index (κ1) is 21.4. The van der Waals surface area contributed by atoms with E-state index in [0.717, 1.165) is 36.8 Å². The van der Waals surface area contributed by atoms with Crippen LogP contribution in [0.2, 0.25) is 0 Å². The van der Waals surface area contributed by atoms with Gasteiger partial charge in [-0.2, -0.15) is 0 Å². The van der Waals surface area contributed by atoms with Crippen molar-refractivity contribution in [1.82, 2.24) is 0 Å². The van der Waals surface area contributed by atoms with Gasteiger partial charge in [-0.3, -0.25) is 0 Å². The lowest BCUT2D eigenvalue weighted by atomic mass is 9.78. The van der Waals surface area contributed by atoms with Crippen LogP contribution in [-0.4, -0.2) is 6.61 Å². The third-order valence-corrected chi connectivity index (χ3v) is 5.74. The minimum absolute atomic E-state index is 0.227. The molecule has 1 saturated carbocycles. The topological polar surface area (TPSA) is 9.23 Å². The van der Waals surface area contributed by atoms with Crippen LogP contribution >= 0.6 is 0 Å². The molecule has 0 aromatic heterocycles. The summed E-state index contributed by atoms with van der Waals surface area (Å²) in [6.07, 6.45) is 12.4. The summed E-state index contributed by atoms with van der Waals surface area (Å²) < 4.78 is 34.9. The summed E-state index contributed by atoms with van der Waals surface area (Å²) in [5, 5.41) is 0. The van der Waals surface area contributed by atoms with E-state index in [-0.39, 0.29) is 17.6 Å². The first-order valence-electron chi connectivity index (χ1n) is 10.5. The summed E-state index contributed by atoms with van der Waals surface area (Å²) in [6.45, 7) is 4.83. The number of halogens is 2. The molecule has 0 amide bonds. The highest BCUT2D eigenvalue weighted by Crippen LogP contribution is 2.38. The number of rotatable bonds is 7. The van der Waals surface area contributed by atoms with Crippen molar-refractivity contribution in [2.24, 2.45) is 5.92 Å². The fourth-order valence-corrected chi connectivity index (χ4v) is 4.14. The van der Waals surface area contributed by atoms with Gasteiger partial charge < -0.3 is 4.74 Å². The smallest absolute Gasteiger partial charge is 0.131 e. The standard InChI is InChI=1S/C26H30F2O/c1-3-5-15-29-18-20-9-13-24(25(27)16-20)22-12-14-23(26(28)17-22)21-10-7-19(6-4-2)8-11-21/h3-6,9,12-14,16-17,19,21H,7-8,10-11,15,18H2,1-2H3/b5-3?,6-4+. The molecule has 0 heterocycles. The maximum atomic E-state index is 14.9. The Morgan fingerprint density at radius 3 is 2.38 bits per heavy atom. The fourth-order valence-electron chi connectivity index (χ4n) is 4.14. The van der Waals surface area contributed by atoms with E-state index in [1.807, 2.05) is 44.2 Å². The Hall–Kier alpha value is -2.26. The molecule has 1 nitrogen and oxygen atoms in total. The van der Waals surface area contributed by atoms with Gasteiger partial charge >= 0.3 is 0 Å². The van der Waals surface area contributed by atoms with E-state index in [2.05, 4.69) is 12.2 Å². The van der Waals surface area contributed by atoms with Gasteiger partial charge in [0.05, 0.1) is 13.2 Å². The van der Waals surface area contributed by atoms with E-state index < -0.39 is 0 Å². The molecule has 1 fully saturated rings. The number of ether oxygens (including phenoxy) is 1. The van der Waals surface area contributed by atoms with Crippen LogP contribution in [0.5, 0.6) is 0 Å². The highest BCUT2D eigenvalue weighted by atomic mass is 19.1. The Kier molecular flexibility index (Phi) is 7.76. The van der Waals surface area contributed by atoms with Gasteiger partial charge in [0.1, 0.15) is 11.6 Å². The maximum Gasteiger partial charge on any atom is 0.131 e. The first-order valence-corrected chi connectivity index (χ1v) is 10.5. The largest absolute Gasteiger partial charge is 0.373 e. The van der Waals surface area contributed by atoms with Gasteiger partial charge in [0.25, 0.3) is 0 Å². The van der Waals surface area contributed by atoms with E-state index >= 15 is 0 Å². The van der Waals surface area contributed by atoms with Crippen molar-refractivity contribution in [3.8, 4) is 11.1 Å². The Bertz CT molecular complexity index is 861. The van der Waals surface area contributed by atoms with E-state index in [9.17, 15) is 8.78 Å². The molecule has 2 aromatic carbocycles. The molecule has 0 aliphatic heterocycles. The van der Waals surface area contributed by atoms with Crippen LogP contribution in [0.1, 0.15) is 56.6 Å². The number of hydrogen-bond acceptors (Lipinski definition) is 1. The quantitative estimate of drug-likeness (QED) is 0.346. The maximum absolute atomic E-state index is 14.9. The molecule has 29 heavy (non-hydrogen) atoms. The lowest BCUT2D eigenvalue weighted by Crippen LogP contribution is -2.13. The molecule has 0 atom stereocenters. The molecule has 0 spiro atoms. The van der Waals surface area contributed by atoms with E-state index in [0.29, 0.717) is 30.3 Å². The molecular formula is C26H30F2O. The Balaban J connectivity index is 1.70. The summed E-state index contributed by atoms with van der Waals surface area (Å²) in [6, 6.07) is 10.2. The number of hydrogen-bond donors (Lipinski definition) is 0. The van der Waals surface area contributed by atoms with Crippen molar-refractivity contribution in [2.45, 2.75) is 52.1 Å². The highest BCUT2D eigenvalue weighted by molar-refractivity contribution is 5.65. The van der Waals surface area contributed by atoms with Gasteiger partial charge in [-0.25, -0.2) is 8.78 Å². The van der Waals surface area contributed by atoms with Crippen LogP contribution in [0.15, 0.2) is 60.7 Å². The van der Waals surface area contributed by atoms with Gasteiger partial charge in [0.2, 0.25) is 0 Å². The third kappa shape index (κ3) is 5.63. The number of benzene rings is 2. The normalized spacial score (nSPS) is 20.0. The average Bonchev–Trinajstić information content (AvgIpc) is 2.72. The molecule has 1 aliphatic carbocycles. The molecule has 0 bridgehead atoms. The van der Waals surface area contributed by atoms with Crippen molar-refractivity contribution in [2.75, 3.05) is 6.61 Å². The second-order valence-electron chi connectivity index (χ2n) is 7.77. The molecule has 3 heteroatoms. The van der Waals surface area contributed by atoms with E-state index in [1.165, 1.54) is 12.1 Å². The zero-order valence-electron chi connectivity index (χ0n) is 17.3. The molecule has 0 N–H and O–H groups in total. The third-order valence-electron chi connectivity index (χ3n) is 5.74. The second-order valence-corrected chi connectivity index (χ2v) is 7.77. The zero-order valence-corrected chi connectivity index (χ0v) is 17.3. The second kappa shape index (κ2) is 10.5. The summed E-state index contributed by atoms with van der Waals surface area (Å²) in [5.74, 6) is 0.298. The van der Waals surface area contributed by atoms with Gasteiger partial charge in [-0.05, 0) is 80.2 Å². The van der Waals surface area contributed by atoms with Crippen LogP contribution in [0.3, 0.4) is 0 Å². The molecule has 0 unspecified atom stereocenters. The van der Waals surface area contributed by atoms with Crippen molar-refractivity contribution in [1.29, 1.82) is 0 Å². The first-order chi connectivity index (χ1) is 14.1. The van der Waals surface area contributed by atoms with Crippen LogP contribution < -0.4 is 0 Å². The van der Waals surface area contributed by atoms with Crippen molar-refractivity contribution < 1.29 is 13.5 Å². The van der Waals surface area contributed by atoms with Gasteiger partial charge in [-0.15, -0.1) is 0 Å². The SMILES string of the molecule is CC=CCOCc1ccc(-c2ccc(C3CCC(/C=C/C)CC3)c(F)c2)c(F)c1. The summed E-state index contributed by atoms with van der Waals surface area (Å²) >= 11 is 0. The molecule has 3 rings (SSSR count). The predicted octanol–water partition coefficient (Wildman–Crippen LogP) is 7.57. The van der Waals surface area contributed by atoms with Crippen LogP contribution in [-0.2, 0) is 11.3 Å². The van der Waals surface area contributed by atoms with Gasteiger partial charge in [-0.1, -0.05) is 48.6 Å². The minimum Gasteiger partial charge on any atom is -0.373 e. The fraction of sp³-hybridized carbons (Fsp3) is 0.385. The van der Waals surface area contributed by atoms with Crippen LogP contribution in [0.25, 0.3) is 11.1 Å². The molecular weight excluding hydrogens is 366 g/mol. The Morgan fingerprint density at radius 1 is 0.931 bits per heavy atom. The summed E-state index contributed by atoms with van der Waals surface area (Å²) in [7, 11) is 0. The highest BCUT2D eigenvalue weighted by Gasteiger charge is 2.23. The van der Waals surface area contributed by atoms with Crippen molar-refractivity contribution in [3.05, 3.63) is 83.5 Å². The molecule has 2 aromatic rings. The molecule has 1 aliphatic rings. The van der Waals surface area contributed by atoms with E-state index in [4.69, 9.17) is 4.74 Å². The number of allylic oxidation sites excluding steroid dienone is 3. The predicted molar refractivity (Wildman–Crippen MR) is 116 cm³/mol. The lowest BCUT2D eigenvalue weighted by molar-refractivity contribution is 0.148. The minimum atomic E-state index is -0.351.